The average Bonchev–Trinajstić information content (AvgIpc) is 2.95. The van der Waals surface area contributed by atoms with E-state index in [1.807, 2.05) is 0 Å². The lowest BCUT2D eigenvalue weighted by molar-refractivity contribution is 0.567. The minimum atomic E-state index is -0.499. The Balaban J connectivity index is 2.38. The number of oxazole rings is 1. The second-order valence-corrected chi connectivity index (χ2v) is 4.05. The lowest BCUT2D eigenvalue weighted by Crippen LogP contribution is -2.29. The van der Waals surface area contributed by atoms with Gasteiger partial charge in [-0.15, -0.1) is 0 Å². The molecule has 0 bridgehead atoms. The summed E-state index contributed by atoms with van der Waals surface area (Å²) in [6, 6.07) is 0. The Morgan fingerprint density at radius 1 is 1.37 bits per heavy atom. The van der Waals surface area contributed by atoms with E-state index in [1.54, 1.807) is 13.8 Å². The van der Waals surface area contributed by atoms with Crippen LogP contribution in [0.3, 0.4) is 0 Å². The Morgan fingerprint density at radius 2 is 2.16 bits per heavy atom. The SMILES string of the molecule is CCn1c(=O)[nH]c(=O)c2[nH]c(-c3ocnc3C)nc21. The minimum Gasteiger partial charge on any atom is -0.440 e. The number of aromatic amines is 2. The molecule has 0 aliphatic carbocycles. The number of imidazole rings is 1. The van der Waals surface area contributed by atoms with Gasteiger partial charge >= 0.3 is 5.69 Å². The summed E-state index contributed by atoms with van der Waals surface area (Å²) in [6.45, 7) is 3.97. The molecule has 0 atom stereocenters. The molecule has 3 aromatic heterocycles. The summed E-state index contributed by atoms with van der Waals surface area (Å²) in [6.07, 6.45) is 1.30. The van der Waals surface area contributed by atoms with Crippen molar-refractivity contribution in [2.75, 3.05) is 0 Å². The number of hydrogen-bond donors (Lipinski definition) is 2. The van der Waals surface area contributed by atoms with Crippen LogP contribution in [0.2, 0.25) is 0 Å². The molecule has 0 aliphatic heterocycles. The molecule has 8 nitrogen and oxygen atoms in total. The van der Waals surface area contributed by atoms with Crippen LogP contribution in [0.25, 0.3) is 22.7 Å². The first kappa shape index (κ1) is 11.5. The van der Waals surface area contributed by atoms with Gasteiger partial charge in [0.05, 0.1) is 5.69 Å². The number of nitrogens with zero attached hydrogens (tertiary/aromatic N) is 3. The first-order chi connectivity index (χ1) is 9.11. The molecule has 0 saturated heterocycles. The first-order valence-corrected chi connectivity index (χ1v) is 5.75. The van der Waals surface area contributed by atoms with Gasteiger partial charge in [0.1, 0.15) is 5.52 Å². The molecule has 0 saturated carbocycles. The zero-order chi connectivity index (χ0) is 13.6. The van der Waals surface area contributed by atoms with Crippen molar-refractivity contribution < 1.29 is 4.42 Å². The smallest absolute Gasteiger partial charge is 0.330 e. The van der Waals surface area contributed by atoms with Crippen molar-refractivity contribution in [1.82, 2.24) is 24.5 Å². The van der Waals surface area contributed by atoms with Gasteiger partial charge in [0.25, 0.3) is 5.56 Å². The highest BCUT2D eigenvalue weighted by Crippen LogP contribution is 2.20. The lowest BCUT2D eigenvalue weighted by Gasteiger charge is -1.99. The topological polar surface area (TPSA) is 110 Å². The Morgan fingerprint density at radius 3 is 2.79 bits per heavy atom. The molecule has 0 aliphatic rings. The number of hydrogen-bond acceptors (Lipinski definition) is 5. The monoisotopic (exact) mass is 261 g/mol. The molecule has 8 heteroatoms. The summed E-state index contributed by atoms with van der Waals surface area (Å²) in [5.41, 5.74) is 0.225. The summed E-state index contributed by atoms with van der Waals surface area (Å²) in [4.78, 5) is 36.7. The molecule has 3 aromatic rings. The van der Waals surface area contributed by atoms with Crippen molar-refractivity contribution >= 4 is 11.2 Å². The van der Waals surface area contributed by atoms with Crippen molar-refractivity contribution in [1.29, 1.82) is 0 Å². The molecule has 19 heavy (non-hydrogen) atoms. The van der Waals surface area contributed by atoms with E-state index < -0.39 is 11.2 Å². The standard InChI is InChI=1S/C11H11N5O3/c1-3-16-9-6(10(17)15-11(16)18)13-8(14-9)7-5(2)12-4-19-7/h4H,3H2,1-2H3,(H,13,14)(H,15,17,18). The molecule has 98 valence electrons. The normalized spacial score (nSPS) is 11.3. The van der Waals surface area contributed by atoms with Crippen LogP contribution in [-0.2, 0) is 6.54 Å². The molecule has 3 rings (SSSR count). The highest BCUT2D eigenvalue weighted by molar-refractivity contribution is 5.74. The Kier molecular flexibility index (Phi) is 2.37. The minimum absolute atomic E-state index is 0.243. The molecule has 0 spiro atoms. The third-order valence-corrected chi connectivity index (χ3v) is 2.91. The molecule has 0 unspecified atom stereocenters. The van der Waals surface area contributed by atoms with E-state index in [0.29, 0.717) is 29.5 Å². The number of rotatable bonds is 2. The second kappa shape index (κ2) is 3.94. The van der Waals surface area contributed by atoms with Crippen molar-refractivity contribution in [2.45, 2.75) is 20.4 Å². The van der Waals surface area contributed by atoms with Gasteiger partial charge < -0.3 is 9.40 Å². The maximum atomic E-state index is 11.7. The third kappa shape index (κ3) is 1.60. The van der Waals surface area contributed by atoms with Gasteiger partial charge in [-0.3, -0.25) is 14.3 Å². The summed E-state index contributed by atoms with van der Waals surface area (Å²) in [5.74, 6) is 0.828. The fourth-order valence-corrected chi connectivity index (χ4v) is 1.97. The molecule has 0 amide bonds. The van der Waals surface area contributed by atoms with Gasteiger partial charge in [-0.05, 0) is 13.8 Å². The van der Waals surface area contributed by atoms with E-state index in [4.69, 9.17) is 4.42 Å². The predicted octanol–water partition coefficient (Wildman–Crippen LogP) is 0.396. The van der Waals surface area contributed by atoms with Crippen molar-refractivity contribution in [2.24, 2.45) is 0 Å². The van der Waals surface area contributed by atoms with E-state index in [-0.39, 0.29) is 5.52 Å². The maximum Gasteiger partial charge on any atom is 0.330 e. The van der Waals surface area contributed by atoms with Crippen LogP contribution in [0.5, 0.6) is 0 Å². The lowest BCUT2D eigenvalue weighted by atomic mass is 10.3. The number of nitrogens with one attached hydrogen (secondary N) is 2. The van der Waals surface area contributed by atoms with Crippen molar-refractivity contribution in [3.63, 3.8) is 0 Å². The van der Waals surface area contributed by atoms with Crippen LogP contribution in [0.15, 0.2) is 20.4 Å². The molecule has 2 N–H and O–H groups in total. The fraction of sp³-hybridized carbons (Fsp3) is 0.273. The van der Waals surface area contributed by atoms with Gasteiger partial charge in [0, 0.05) is 6.54 Å². The molecular weight excluding hydrogens is 250 g/mol. The number of fused-ring (bicyclic) bond motifs is 1. The highest BCUT2D eigenvalue weighted by atomic mass is 16.3. The second-order valence-electron chi connectivity index (χ2n) is 4.05. The van der Waals surface area contributed by atoms with Gasteiger partial charge in [0.2, 0.25) is 0 Å². The van der Waals surface area contributed by atoms with E-state index in [1.165, 1.54) is 11.0 Å². The quantitative estimate of drug-likeness (QED) is 0.693. The maximum absolute atomic E-state index is 11.7. The van der Waals surface area contributed by atoms with Crippen LogP contribution in [0, 0.1) is 6.92 Å². The highest BCUT2D eigenvalue weighted by Gasteiger charge is 2.16. The van der Waals surface area contributed by atoms with E-state index in [0.717, 1.165) is 0 Å². The van der Waals surface area contributed by atoms with Crippen LogP contribution >= 0.6 is 0 Å². The number of H-pyrrole nitrogens is 2. The Labute approximate surface area is 106 Å². The van der Waals surface area contributed by atoms with Crippen LogP contribution in [-0.4, -0.2) is 24.5 Å². The average molecular weight is 261 g/mol. The van der Waals surface area contributed by atoms with Gasteiger partial charge in [0.15, 0.2) is 23.6 Å². The van der Waals surface area contributed by atoms with Crippen LogP contribution in [0.1, 0.15) is 12.6 Å². The van der Waals surface area contributed by atoms with Gasteiger partial charge in [-0.2, -0.15) is 0 Å². The Hall–Kier alpha value is -2.64. The van der Waals surface area contributed by atoms with Gasteiger partial charge in [-0.25, -0.2) is 14.8 Å². The largest absolute Gasteiger partial charge is 0.440 e. The first-order valence-electron chi connectivity index (χ1n) is 5.75. The summed E-state index contributed by atoms with van der Waals surface area (Å²) in [5, 5.41) is 0. The molecule has 0 radical (unpaired) electrons. The molecular formula is C11H11N5O3. The Bertz CT molecular complexity index is 866. The van der Waals surface area contributed by atoms with E-state index in [9.17, 15) is 9.59 Å². The fourth-order valence-electron chi connectivity index (χ4n) is 1.97. The van der Waals surface area contributed by atoms with Gasteiger partial charge in [-0.1, -0.05) is 0 Å². The molecule has 0 fully saturated rings. The van der Waals surface area contributed by atoms with Crippen LogP contribution < -0.4 is 11.2 Å². The summed E-state index contributed by atoms with van der Waals surface area (Å²) >= 11 is 0. The number of aromatic nitrogens is 5. The number of aryl methyl sites for hydroxylation is 2. The molecule has 3 heterocycles. The van der Waals surface area contributed by atoms with Crippen LogP contribution in [0.4, 0.5) is 0 Å². The van der Waals surface area contributed by atoms with E-state index >= 15 is 0 Å². The predicted molar refractivity (Wildman–Crippen MR) is 66.9 cm³/mol. The summed E-state index contributed by atoms with van der Waals surface area (Å²) in [7, 11) is 0. The summed E-state index contributed by atoms with van der Waals surface area (Å²) < 4.78 is 6.60. The van der Waals surface area contributed by atoms with E-state index in [2.05, 4.69) is 19.9 Å². The zero-order valence-corrected chi connectivity index (χ0v) is 10.4. The zero-order valence-electron chi connectivity index (χ0n) is 10.4. The van der Waals surface area contributed by atoms with Crippen molar-refractivity contribution in [3.05, 3.63) is 32.9 Å². The third-order valence-electron chi connectivity index (χ3n) is 2.91. The van der Waals surface area contributed by atoms with Crippen molar-refractivity contribution in [3.8, 4) is 11.6 Å². The molecule has 0 aromatic carbocycles.